The van der Waals surface area contributed by atoms with Gasteiger partial charge in [0, 0.05) is 33.8 Å². The number of ether oxygens (including phenoxy) is 1. The van der Waals surface area contributed by atoms with Gasteiger partial charge < -0.3 is 14.5 Å². The zero-order chi connectivity index (χ0) is 33.0. The summed E-state index contributed by atoms with van der Waals surface area (Å²) in [6.07, 6.45) is 0. The second-order valence-electron chi connectivity index (χ2n) is 12.9. The summed E-state index contributed by atoms with van der Waals surface area (Å²) in [6.45, 7) is -0.0226. The summed E-state index contributed by atoms with van der Waals surface area (Å²) in [7, 11) is 0. The Kier molecular flexibility index (Phi) is 6.60. The fourth-order valence-electron chi connectivity index (χ4n) is 7.96. The van der Waals surface area contributed by atoms with E-state index in [2.05, 4.69) is 198 Å². The predicted octanol–water partition coefficient (Wildman–Crippen LogP) is 10.4. The zero-order valence-electron chi connectivity index (χ0n) is 27.3. The lowest BCUT2D eigenvalue weighted by molar-refractivity contribution is 0.488. The van der Waals surface area contributed by atoms with Gasteiger partial charge in [-0.05, 0) is 93.6 Å². The van der Waals surface area contributed by atoms with E-state index < -0.39 is 0 Å². The van der Waals surface area contributed by atoms with Gasteiger partial charge in [-0.15, -0.1) is 0 Å². The van der Waals surface area contributed by atoms with E-state index >= 15 is 0 Å². The van der Waals surface area contributed by atoms with Gasteiger partial charge in [-0.1, -0.05) is 127 Å². The molecule has 0 atom stereocenters. The van der Waals surface area contributed by atoms with Crippen molar-refractivity contribution in [2.45, 2.75) is 0 Å². The molecule has 234 valence electrons. The normalized spacial score (nSPS) is 12.5. The first kappa shape index (κ1) is 28.5. The molecule has 50 heavy (non-hydrogen) atoms. The van der Waals surface area contributed by atoms with Gasteiger partial charge in [0.15, 0.2) is 0 Å². The fraction of sp³-hybridized carbons (Fsp3) is 0. The van der Waals surface area contributed by atoms with Crippen LogP contribution in [0.2, 0.25) is 0 Å². The molecule has 2 heterocycles. The van der Waals surface area contributed by atoms with Crippen molar-refractivity contribution in [2.24, 2.45) is 0 Å². The SMILES string of the molecule is c1ccc(-c2ccc3c(c2)Oc2cccc4c2B3c2c(cc(N(c3ccccc3)c3ccccc3)c3ccccc23)N4c2ccccc2)cc1. The molecule has 0 radical (unpaired) electrons. The van der Waals surface area contributed by atoms with E-state index in [9.17, 15) is 0 Å². The van der Waals surface area contributed by atoms with Crippen LogP contribution in [0.3, 0.4) is 0 Å². The number of rotatable bonds is 5. The van der Waals surface area contributed by atoms with E-state index in [0.29, 0.717) is 0 Å². The van der Waals surface area contributed by atoms with Crippen molar-refractivity contribution in [1.29, 1.82) is 0 Å². The highest BCUT2D eigenvalue weighted by Gasteiger charge is 2.43. The highest BCUT2D eigenvalue weighted by Crippen LogP contribution is 2.46. The minimum atomic E-state index is -0.0226. The second kappa shape index (κ2) is 11.6. The minimum Gasteiger partial charge on any atom is -0.458 e. The summed E-state index contributed by atoms with van der Waals surface area (Å²) in [5, 5.41) is 2.42. The van der Waals surface area contributed by atoms with Crippen molar-refractivity contribution in [3.8, 4) is 22.6 Å². The van der Waals surface area contributed by atoms with Crippen LogP contribution in [0.5, 0.6) is 11.5 Å². The number of para-hydroxylation sites is 3. The molecule has 0 aromatic heterocycles. The van der Waals surface area contributed by atoms with Gasteiger partial charge in [-0.25, -0.2) is 0 Å². The lowest BCUT2D eigenvalue weighted by atomic mass is 9.33. The standard InChI is InChI=1S/C46H31BN2O/c1-5-16-32(17-6-1)33-28-29-39-44(30-33)50-43-27-15-26-40-46(43)47(39)45-38-25-14-13-24-37(38)41(31-42(45)49(40)36-22-11-4-12-23-36)48(34-18-7-2-8-19-34)35-20-9-3-10-21-35/h1-31H. The number of fused-ring (bicyclic) bond motifs is 6. The van der Waals surface area contributed by atoms with Crippen LogP contribution in [-0.2, 0) is 0 Å². The van der Waals surface area contributed by atoms with Gasteiger partial charge in [0.1, 0.15) is 11.5 Å². The Hall–Kier alpha value is -6.52. The molecule has 0 aliphatic carbocycles. The van der Waals surface area contributed by atoms with E-state index in [0.717, 1.165) is 51.2 Å². The van der Waals surface area contributed by atoms with Crippen molar-refractivity contribution >= 4 is 68.0 Å². The summed E-state index contributed by atoms with van der Waals surface area (Å²) in [5.74, 6) is 1.81. The Morgan fingerprint density at radius 3 is 1.76 bits per heavy atom. The van der Waals surface area contributed by atoms with Gasteiger partial charge in [0.25, 0.3) is 6.71 Å². The van der Waals surface area contributed by atoms with Crippen LogP contribution < -0.4 is 30.9 Å². The summed E-state index contributed by atoms with van der Waals surface area (Å²) in [5.41, 5.74) is 12.7. The first-order valence-corrected chi connectivity index (χ1v) is 17.1. The van der Waals surface area contributed by atoms with E-state index in [1.165, 1.54) is 32.7 Å². The molecule has 4 heteroatoms. The van der Waals surface area contributed by atoms with Gasteiger partial charge in [0.05, 0.1) is 5.69 Å². The van der Waals surface area contributed by atoms with Crippen LogP contribution in [0.25, 0.3) is 21.9 Å². The number of nitrogens with zero attached hydrogens (tertiary/aromatic N) is 2. The topological polar surface area (TPSA) is 15.7 Å². The van der Waals surface area contributed by atoms with E-state index in [1.807, 2.05) is 0 Å². The van der Waals surface area contributed by atoms with Crippen LogP contribution >= 0.6 is 0 Å². The molecule has 10 rings (SSSR count). The Labute approximate surface area is 292 Å². The average Bonchev–Trinajstić information content (AvgIpc) is 3.19. The molecule has 0 fully saturated rings. The number of benzene rings is 8. The van der Waals surface area contributed by atoms with Crippen molar-refractivity contribution in [1.82, 2.24) is 0 Å². The Morgan fingerprint density at radius 1 is 0.440 bits per heavy atom. The molecule has 8 aromatic rings. The minimum absolute atomic E-state index is 0.0226. The van der Waals surface area contributed by atoms with Gasteiger partial charge in [-0.3, -0.25) is 0 Å². The lowest BCUT2D eigenvalue weighted by Gasteiger charge is -2.41. The highest BCUT2D eigenvalue weighted by molar-refractivity contribution is 7.00. The summed E-state index contributed by atoms with van der Waals surface area (Å²) >= 11 is 0. The van der Waals surface area contributed by atoms with Crippen molar-refractivity contribution in [3.05, 3.63) is 188 Å². The number of anilines is 6. The van der Waals surface area contributed by atoms with Crippen LogP contribution in [0.15, 0.2) is 188 Å². The zero-order valence-corrected chi connectivity index (χ0v) is 27.3. The molecule has 2 aliphatic rings. The molecule has 0 amide bonds. The maximum absolute atomic E-state index is 6.84. The average molecular weight is 639 g/mol. The van der Waals surface area contributed by atoms with Gasteiger partial charge in [0.2, 0.25) is 0 Å². The van der Waals surface area contributed by atoms with Crippen LogP contribution in [0.4, 0.5) is 34.1 Å². The third kappa shape index (κ3) is 4.46. The third-order valence-corrected chi connectivity index (χ3v) is 10.1. The molecule has 2 aliphatic heterocycles. The molecule has 0 bridgehead atoms. The van der Waals surface area contributed by atoms with Gasteiger partial charge >= 0.3 is 0 Å². The molecule has 3 nitrogen and oxygen atoms in total. The smallest absolute Gasteiger partial charge is 0.257 e. The maximum Gasteiger partial charge on any atom is 0.257 e. The maximum atomic E-state index is 6.84. The molecule has 0 saturated carbocycles. The first-order chi connectivity index (χ1) is 24.8. The molecular formula is C46H31BN2O. The summed E-state index contributed by atoms with van der Waals surface area (Å²) in [6, 6.07) is 67.2. The van der Waals surface area contributed by atoms with Crippen molar-refractivity contribution < 1.29 is 4.74 Å². The predicted molar refractivity (Wildman–Crippen MR) is 210 cm³/mol. The molecule has 0 spiro atoms. The Bertz CT molecular complexity index is 2480. The molecule has 0 saturated heterocycles. The lowest BCUT2D eigenvalue weighted by Crippen LogP contribution is -2.59. The molecule has 0 N–H and O–H groups in total. The van der Waals surface area contributed by atoms with E-state index in [4.69, 9.17) is 4.74 Å². The number of hydrogen-bond donors (Lipinski definition) is 0. The van der Waals surface area contributed by atoms with Crippen LogP contribution in [0, 0.1) is 0 Å². The van der Waals surface area contributed by atoms with Crippen LogP contribution in [0.1, 0.15) is 0 Å². The third-order valence-electron chi connectivity index (χ3n) is 10.1. The molecule has 0 unspecified atom stereocenters. The van der Waals surface area contributed by atoms with Crippen molar-refractivity contribution in [2.75, 3.05) is 9.80 Å². The molecular weight excluding hydrogens is 607 g/mol. The van der Waals surface area contributed by atoms with E-state index in [-0.39, 0.29) is 6.71 Å². The number of hydrogen-bond acceptors (Lipinski definition) is 3. The van der Waals surface area contributed by atoms with Gasteiger partial charge in [-0.2, -0.15) is 0 Å². The summed E-state index contributed by atoms with van der Waals surface area (Å²) in [4.78, 5) is 4.82. The molecule has 8 aromatic carbocycles. The van der Waals surface area contributed by atoms with Crippen LogP contribution in [-0.4, -0.2) is 6.71 Å². The largest absolute Gasteiger partial charge is 0.458 e. The highest BCUT2D eigenvalue weighted by atomic mass is 16.5. The Balaban J connectivity index is 1.29. The second-order valence-corrected chi connectivity index (χ2v) is 12.9. The summed E-state index contributed by atoms with van der Waals surface area (Å²) < 4.78 is 6.84. The first-order valence-electron chi connectivity index (χ1n) is 17.1. The monoisotopic (exact) mass is 638 g/mol. The van der Waals surface area contributed by atoms with E-state index in [1.54, 1.807) is 0 Å². The Morgan fingerprint density at radius 2 is 1.06 bits per heavy atom. The van der Waals surface area contributed by atoms with Crippen molar-refractivity contribution in [3.63, 3.8) is 0 Å². The quantitative estimate of drug-likeness (QED) is 0.175. The fourth-order valence-corrected chi connectivity index (χ4v) is 7.96.